The summed E-state index contributed by atoms with van der Waals surface area (Å²) in [6, 6.07) is -0.0248. The fraction of sp³-hybridized carbons (Fsp3) is 1.00. The van der Waals surface area contributed by atoms with E-state index in [1.807, 2.05) is 20.8 Å². The molecule has 1 rings (SSSR count). The maximum absolute atomic E-state index is 11.7. The summed E-state index contributed by atoms with van der Waals surface area (Å²) in [6.45, 7) is 6.33. The zero-order chi connectivity index (χ0) is 14.7. The van der Waals surface area contributed by atoms with Crippen LogP contribution in [0.2, 0.25) is 0 Å². The molecule has 114 valence electrons. The molecule has 0 aromatic heterocycles. The van der Waals surface area contributed by atoms with Crippen LogP contribution in [-0.2, 0) is 10.0 Å². The van der Waals surface area contributed by atoms with E-state index >= 15 is 0 Å². The van der Waals surface area contributed by atoms with Crippen LogP contribution in [0.25, 0.3) is 0 Å². The molecule has 4 nitrogen and oxygen atoms in total. The second-order valence-electron chi connectivity index (χ2n) is 6.32. The molecule has 0 amide bonds. The highest BCUT2D eigenvalue weighted by molar-refractivity contribution is 7.88. The van der Waals surface area contributed by atoms with Crippen LogP contribution in [0, 0.1) is 5.92 Å². The number of hydrogen-bond acceptors (Lipinski definition) is 3. The molecule has 0 heterocycles. The van der Waals surface area contributed by atoms with Crippen LogP contribution in [-0.4, -0.2) is 42.3 Å². The molecule has 0 saturated heterocycles. The summed E-state index contributed by atoms with van der Waals surface area (Å²) in [4.78, 5) is 0. The van der Waals surface area contributed by atoms with E-state index in [9.17, 15) is 13.5 Å². The zero-order valence-electron chi connectivity index (χ0n) is 12.7. The van der Waals surface area contributed by atoms with Gasteiger partial charge >= 0.3 is 0 Å². The molecule has 1 unspecified atom stereocenters. The van der Waals surface area contributed by atoms with Crippen molar-refractivity contribution >= 4 is 10.0 Å². The van der Waals surface area contributed by atoms with Crippen LogP contribution >= 0.6 is 0 Å². The maximum Gasteiger partial charge on any atom is 0.211 e. The van der Waals surface area contributed by atoms with E-state index in [0.717, 1.165) is 32.1 Å². The lowest BCUT2D eigenvalue weighted by Crippen LogP contribution is -2.42. The van der Waals surface area contributed by atoms with Crippen molar-refractivity contribution in [1.29, 1.82) is 0 Å². The highest BCUT2D eigenvalue weighted by Crippen LogP contribution is 2.36. The molecule has 19 heavy (non-hydrogen) atoms. The van der Waals surface area contributed by atoms with Crippen molar-refractivity contribution in [3.05, 3.63) is 0 Å². The number of hydrogen-bond donors (Lipinski definition) is 1. The lowest BCUT2D eigenvalue weighted by Gasteiger charge is -2.38. The summed E-state index contributed by atoms with van der Waals surface area (Å²) in [5.74, 6) is 0.149. The first kappa shape index (κ1) is 16.9. The van der Waals surface area contributed by atoms with Gasteiger partial charge in [0.25, 0.3) is 0 Å². The number of rotatable bonds is 6. The van der Waals surface area contributed by atoms with Gasteiger partial charge in [-0.2, -0.15) is 4.31 Å². The second kappa shape index (κ2) is 6.55. The summed E-state index contributed by atoms with van der Waals surface area (Å²) in [5, 5.41) is 10.6. The van der Waals surface area contributed by atoms with Crippen molar-refractivity contribution in [2.24, 2.45) is 5.92 Å². The number of nitrogens with zero attached hydrogens (tertiary/aromatic N) is 1. The SMILES string of the molecule is CC(C)N(CCC(C)C1(O)CCCCC1)S(C)(=O)=O. The first-order valence-corrected chi connectivity index (χ1v) is 9.21. The van der Waals surface area contributed by atoms with Gasteiger partial charge in [0.1, 0.15) is 0 Å². The molecule has 1 fully saturated rings. The summed E-state index contributed by atoms with van der Waals surface area (Å²) in [7, 11) is -3.16. The largest absolute Gasteiger partial charge is 0.390 e. The van der Waals surface area contributed by atoms with E-state index in [1.165, 1.54) is 17.0 Å². The predicted octanol–water partition coefficient (Wildman–Crippen LogP) is 2.38. The number of aliphatic hydroxyl groups is 1. The molecule has 0 radical (unpaired) electrons. The van der Waals surface area contributed by atoms with Gasteiger partial charge in [0.05, 0.1) is 11.9 Å². The third kappa shape index (κ3) is 4.72. The molecule has 1 N–H and O–H groups in total. The Balaban J connectivity index is 2.59. The minimum absolute atomic E-state index is 0.0248. The topological polar surface area (TPSA) is 57.6 Å². The molecular weight excluding hydrogens is 262 g/mol. The van der Waals surface area contributed by atoms with Gasteiger partial charge in [-0.1, -0.05) is 26.2 Å². The van der Waals surface area contributed by atoms with E-state index in [4.69, 9.17) is 0 Å². The summed E-state index contributed by atoms with van der Waals surface area (Å²) < 4.78 is 24.9. The normalized spacial score (nSPS) is 21.8. The van der Waals surface area contributed by atoms with Gasteiger partial charge in [-0.05, 0) is 39.0 Å². The highest BCUT2D eigenvalue weighted by Gasteiger charge is 2.35. The molecular formula is C14H29NO3S. The quantitative estimate of drug-likeness (QED) is 0.817. The van der Waals surface area contributed by atoms with E-state index in [2.05, 4.69) is 0 Å². The Morgan fingerprint density at radius 2 is 1.68 bits per heavy atom. The highest BCUT2D eigenvalue weighted by atomic mass is 32.2. The summed E-state index contributed by atoms with van der Waals surface area (Å²) in [5.41, 5.74) is -0.585. The van der Waals surface area contributed by atoms with Gasteiger partial charge in [0.15, 0.2) is 0 Å². The van der Waals surface area contributed by atoms with Crippen molar-refractivity contribution in [2.75, 3.05) is 12.8 Å². The Morgan fingerprint density at radius 1 is 1.16 bits per heavy atom. The van der Waals surface area contributed by atoms with Crippen molar-refractivity contribution in [3.63, 3.8) is 0 Å². The van der Waals surface area contributed by atoms with Crippen LogP contribution in [0.4, 0.5) is 0 Å². The van der Waals surface area contributed by atoms with Crippen molar-refractivity contribution in [3.8, 4) is 0 Å². The van der Waals surface area contributed by atoms with Gasteiger partial charge in [0.2, 0.25) is 10.0 Å². The molecule has 0 spiro atoms. The minimum atomic E-state index is -3.16. The van der Waals surface area contributed by atoms with Gasteiger partial charge < -0.3 is 5.11 Å². The van der Waals surface area contributed by atoms with Crippen LogP contribution in [0.3, 0.4) is 0 Å². The Morgan fingerprint density at radius 3 is 2.11 bits per heavy atom. The van der Waals surface area contributed by atoms with Crippen LogP contribution in [0.1, 0.15) is 59.3 Å². The molecule has 1 atom stereocenters. The Kier molecular flexibility index (Phi) is 5.83. The van der Waals surface area contributed by atoms with Gasteiger partial charge in [-0.15, -0.1) is 0 Å². The van der Waals surface area contributed by atoms with E-state index in [0.29, 0.717) is 6.54 Å². The average Bonchev–Trinajstić information content (AvgIpc) is 2.27. The molecule has 0 aromatic rings. The minimum Gasteiger partial charge on any atom is -0.390 e. The van der Waals surface area contributed by atoms with Crippen LogP contribution < -0.4 is 0 Å². The maximum atomic E-state index is 11.7. The third-order valence-electron chi connectivity index (χ3n) is 4.42. The fourth-order valence-corrected chi connectivity index (χ4v) is 4.26. The molecule has 0 bridgehead atoms. The second-order valence-corrected chi connectivity index (χ2v) is 8.26. The standard InChI is InChI=1S/C14H29NO3S/c1-12(2)15(19(4,17)18)11-8-13(3)14(16)9-6-5-7-10-14/h12-13,16H,5-11H2,1-4H3. The lowest BCUT2D eigenvalue weighted by molar-refractivity contribution is -0.0469. The van der Waals surface area contributed by atoms with Gasteiger partial charge in [-0.3, -0.25) is 0 Å². The zero-order valence-corrected chi connectivity index (χ0v) is 13.5. The van der Waals surface area contributed by atoms with Crippen LogP contribution in [0.15, 0.2) is 0 Å². The van der Waals surface area contributed by atoms with Crippen LogP contribution in [0.5, 0.6) is 0 Å². The average molecular weight is 291 g/mol. The summed E-state index contributed by atoms with van der Waals surface area (Å²) in [6.07, 6.45) is 7.07. The molecule has 1 aliphatic carbocycles. The van der Waals surface area contributed by atoms with E-state index in [1.54, 1.807) is 0 Å². The summed E-state index contributed by atoms with van der Waals surface area (Å²) >= 11 is 0. The first-order valence-electron chi connectivity index (χ1n) is 7.36. The van der Waals surface area contributed by atoms with Crippen molar-refractivity contribution in [1.82, 2.24) is 4.31 Å². The molecule has 1 saturated carbocycles. The molecule has 5 heteroatoms. The van der Waals surface area contributed by atoms with Gasteiger partial charge in [0, 0.05) is 12.6 Å². The first-order chi connectivity index (χ1) is 8.67. The van der Waals surface area contributed by atoms with Crippen molar-refractivity contribution < 1.29 is 13.5 Å². The number of sulfonamides is 1. The molecule has 1 aliphatic rings. The van der Waals surface area contributed by atoms with Gasteiger partial charge in [-0.25, -0.2) is 8.42 Å². The monoisotopic (exact) mass is 291 g/mol. The fourth-order valence-electron chi connectivity index (χ4n) is 3.05. The molecule has 0 aromatic carbocycles. The third-order valence-corrected chi connectivity index (χ3v) is 5.88. The predicted molar refractivity (Wildman–Crippen MR) is 78.5 cm³/mol. The van der Waals surface area contributed by atoms with E-state index in [-0.39, 0.29) is 12.0 Å². The van der Waals surface area contributed by atoms with Crippen molar-refractivity contribution in [2.45, 2.75) is 70.9 Å². The molecule has 0 aliphatic heterocycles. The lowest BCUT2D eigenvalue weighted by atomic mass is 9.75. The Hall–Kier alpha value is -0.130. The Bertz CT molecular complexity index is 372. The smallest absolute Gasteiger partial charge is 0.211 e. The Labute approximate surface area is 118 Å². The van der Waals surface area contributed by atoms with E-state index < -0.39 is 15.6 Å².